The summed E-state index contributed by atoms with van der Waals surface area (Å²) in [4.78, 5) is 0. The average molecular weight is 366 g/mol. The van der Waals surface area contributed by atoms with E-state index in [4.69, 9.17) is 9.31 Å². The van der Waals surface area contributed by atoms with E-state index in [-0.39, 0.29) is 5.46 Å². The number of hydrogen-bond acceptors (Lipinski definition) is 5. The molecule has 0 amide bonds. The lowest BCUT2D eigenvalue weighted by Gasteiger charge is -2.32. The zero-order chi connectivity index (χ0) is 18.6. The van der Waals surface area contributed by atoms with Crippen molar-refractivity contribution in [2.45, 2.75) is 51.3 Å². The molecule has 1 saturated heterocycles. The fraction of sp³-hybridized carbons (Fsp3) is 0.571. The van der Waals surface area contributed by atoms with E-state index in [1.54, 1.807) is 40.7 Å². The third-order valence-corrected chi connectivity index (χ3v) is 5.22. The lowest BCUT2D eigenvalue weighted by molar-refractivity contribution is -0.0499. The molecule has 1 fully saturated rings. The summed E-state index contributed by atoms with van der Waals surface area (Å²) in [7, 11) is -6.83. The van der Waals surface area contributed by atoms with E-state index in [1.165, 1.54) is 6.07 Å². The van der Waals surface area contributed by atoms with E-state index in [9.17, 15) is 21.6 Å². The molecule has 0 radical (unpaired) electrons. The second kappa shape index (κ2) is 5.64. The molecule has 10 heteroatoms. The van der Waals surface area contributed by atoms with Crippen molar-refractivity contribution in [3.05, 3.63) is 23.8 Å². The SMILES string of the molecule is Cc1cccc(OS(=O)(=O)C(F)(F)F)c1B1OC(C)(C)C(C)(C)O1. The minimum atomic E-state index is -5.79. The molecule has 0 unspecified atom stereocenters. The van der Waals surface area contributed by atoms with Crippen LogP contribution < -0.4 is 9.65 Å². The highest BCUT2D eigenvalue weighted by Gasteiger charge is 2.54. The lowest BCUT2D eigenvalue weighted by Crippen LogP contribution is -2.41. The van der Waals surface area contributed by atoms with Crippen molar-refractivity contribution in [3.8, 4) is 5.75 Å². The summed E-state index contributed by atoms with van der Waals surface area (Å²) >= 11 is 0. The number of hydrogen-bond donors (Lipinski definition) is 0. The summed E-state index contributed by atoms with van der Waals surface area (Å²) in [6.45, 7) is 8.71. The van der Waals surface area contributed by atoms with Gasteiger partial charge in [0.25, 0.3) is 0 Å². The predicted octanol–water partition coefficient (Wildman–Crippen LogP) is 2.52. The van der Waals surface area contributed by atoms with Gasteiger partial charge in [-0.3, -0.25) is 0 Å². The molecule has 1 aromatic carbocycles. The first-order valence-electron chi connectivity index (χ1n) is 7.14. The van der Waals surface area contributed by atoms with E-state index < -0.39 is 39.7 Å². The molecule has 1 heterocycles. The zero-order valence-corrected chi connectivity index (χ0v) is 14.7. The molecule has 134 valence electrons. The van der Waals surface area contributed by atoms with Gasteiger partial charge in [-0.05, 0) is 46.2 Å². The van der Waals surface area contributed by atoms with Crippen molar-refractivity contribution in [2.75, 3.05) is 0 Å². The third kappa shape index (κ3) is 3.27. The minimum Gasteiger partial charge on any atom is -0.399 e. The number of benzene rings is 1. The molecule has 0 aromatic heterocycles. The van der Waals surface area contributed by atoms with Gasteiger partial charge >= 0.3 is 22.7 Å². The van der Waals surface area contributed by atoms with Crippen LogP contribution in [0, 0.1) is 6.92 Å². The maximum Gasteiger partial charge on any atom is 0.534 e. The molecule has 5 nitrogen and oxygen atoms in total. The van der Waals surface area contributed by atoms with Gasteiger partial charge in [-0.1, -0.05) is 12.1 Å². The Bertz CT molecular complexity index is 727. The second-order valence-corrected chi connectivity index (χ2v) is 8.10. The highest BCUT2D eigenvalue weighted by atomic mass is 32.2. The Kier molecular flexibility index (Phi) is 4.48. The monoisotopic (exact) mass is 366 g/mol. The first kappa shape index (κ1) is 19.1. The predicted molar refractivity (Wildman–Crippen MR) is 82.5 cm³/mol. The van der Waals surface area contributed by atoms with E-state index in [2.05, 4.69) is 4.18 Å². The highest BCUT2D eigenvalue weighted by Crippen LogP contribution is 2.38. The second-order valence-electron chi connectivity index (χ2n) is 6.56. The van der Waals surface area contributed by atoms with Gasteiger partial charge in [0.15, 0.2) is 0 Å². The van der Waals surface area contributed by atoms with Gasteiger partial charge in [-0.2, -0.15) is 21.6 Å². The van der Waals surface area contributed by atoms with Crippen LogP contribution in [0.4, 0.5) is 13.2 Å². The van der Waals surface area contributed by atoms with Gasteiger partial charge in [0.2, 0.25) is 0 Å². The lowest BCUT2D eigenvalue weighted by atomic mass is 9.75. The van der Waals surface area contributed by atoms with Gasteiger partial charge in [-0.15, -0.1) is 0 Å². The summed E-state index contributed by atoms with van der Waals surface area (Å²) in [6.07, 6.45) is 0. The molecule has 24 heavy (non-hydrogen) atoms. The summed E-state index contributed by atoms with van der Waals surface area (Å²) in [5.41, 5.74) is -6.39. The Morgan fingerprint density at radius 1 is 1.08 bits per heavy atom. The average Bonchev–Trinajstić information content (AvgIpc) is 2.55. The van der Waals surface area contributed by atoms with Crippen molar-refractivity contribution >= 4 is 22.7 Å². The quantitative estimate of drug-likeness (QED) is 0.467. The fourth-order valence-electron chi connectivity index (χ4n) is 2.15. The number of halogens is 3. The van der Waals surface area contributed by atoms with Crippen LogP contribution in [-0.4, -0.2) is 32.2 Å². The molecule has 1 aliphatic rings. The van der Waals surface area contributed by atoms with E-state index in [0.29, 0.717) is 5.56 Å². The Balaban J connectivity index is 2.47. The van der Waals surface area contributed by atoms with Crippen molar-refractivity contribution in [1.82, 2.24) is 0 Å². The molecule has 0 spiro atoms. The van der Waals surface area contributed by atoms with Crippen LogP contribution in [-0.2, 0) is 19.4 Å². The molecular formula is C14H18BF3O5S. The van der Waals surface area contributed by atoms with Gasteiger partial charge < -0.3 is 13.5 Å². The van der Waals surface area contributed by atoms with Crippen LogP contribution >= 0.6 is 0 Å². The molecular weight excluding hydrogens is 348 g/mol. The van der Waals surface area contributed by atoms with Gasteiger partial charge in [0, 0.05) is 5.46 Å². The zero-order valence-electron chi connectivity index (χ0n) is 13.9. The Morgan fingerprint density at radius 2 is 1.58 bits per heavy atom. The number of alkyl halides is 3. The van der Waals surface area contributed by atoms with Crippen LogP contribution in [0.25, 0.3) is 0 Å². The number of rotatable bonds is 3. The van der Waals surface area contributed by atoms with E-state index >= 15 is 0 Å². The van der Waals surface area contributed by atoms with Crippen molar-refractivity contribution in [3.63, 3.8) is 0 Å². The third-order valence-electron chi connectivity index (χ3n) is 4.26. The molecule has 1 aliphatic heterocycles. The van der Waals surface area contributed by atoms with Crippen LogP contribution in [0.15, 0.2) is 18.2 Å². The largest absolute Gasteiger partial charge is 0.534 e. The summed E-state index contributed by atoms with van der Waals surface area (Å²) in [6, 6.07) is 4.13. The van der Waals surface area contributed by atoms with E-state index in [1.807, 2.05) is 0 Å². The molecule has 0 saturated carbocycles. The first-order chi connectivity index (χ1) is 10.7. The fourth-order valence-corrected chi connectivity index (χ4v) is 2.63. The Labute approximate surface area is 139 Å². The van der Waals surface area contributed by atoms with Crippen LogP contribution in [0.1, 0.15) is 33.3 Å². The van der Waals surface area contributed by atoms with Crippen molar-refractivity contribution < 1.29 is 35.1 Å². The number of aryl methyl sites for hydroxylation is 1. The molecule has 2 rings (SSSR count). The van der Waals surface area contributed by atoms with Gasteiger partial charge in [-0.25, -0.2) is 0 Å². The summed E-state index contributed by atoms with van der Waals surface area (Å²) in [5, 5.41) is 0. The maximum atomic E-state index is 12.6. The van der Waals surface area contributed by atoms with E-state index in [0.717, 1.165) is 6.07 Å². The smallest absolute Gasteiger partial charge is 0.399 e. The van der Waals surface area contributed by atoms with Crippen molar-refractivity contribution in [1.29, 1.82) is 0 Å². The first-order valence-corrected chi connectivity index (χ1v) is 8.55. The molecule has 1 aromatic rings. The molecule has 0 bridgehead atoms. The van der Waals surface area contributed by atoms with Crippen LogP contribution in [0.3, 0.4) is 0 Å². The topological polar surface area (TPSA) is 61.8 Å². The Morgan fingerprint density at radius 3 is 2.04 bits per heavy atom. The van der Waals surface area contributed by atoms with Gasteiger partial charge in [0.1, 0.15) is 5.75 Å². The van der Waals surface area contributed by atoms with Gasteiger partial charge in [0.05, 0.1) is 11.2 Å². The molecule has 0 atom stereocenters. The van der Waals surface area contributed by atoms with Crippen LogP contribution in [0.2, 0.25) is 0 Å². The normalized spacial score (nSPS) is 20.2. The molecule has 0 N–H and O–H groups in total. The maximum absolute atomic E-state index is 12.6. The van der Waals surface area contributed by atoms with Crippen LogP contribution in [0.5, 0.6) is 5.75 Å². The highest BCUT2D eigenvalue weighted by molar-refractivity contribution is 7.88. The van der Waals surface area contributed by atoms with Crippen molar-refractivity contribution in [2.24, 2.45) is 0 Å². The summed E-state index contributed by atoms with van der Waals surface area (Å²) in [5.74, 6) is -0.467. The standard InChI is InChI=1S/C14H18BF3O5S/c1-9-7-6-8-10(21-24(19,20)14(16,17)18)11(9)15-22-12(2,3)13(4,5)23-15/h6-8H,1-5H3. The minimum absolute atomic E-state index is 0.115. The summed E-state index contributed by atoms with van der Waals surface area (Å²) < 4.78 is 76.4. The molecule has 0 aliphatic carbocycles. The Hall–Kier alpha value is -1.26.